The molecule has 2 atom stereocenters. The van der Waals surface area contributed by atoms with Crippen molar-refractivity contribution in [1.82, 2.24) is 4.90 Å². The van der Waals surface area contributed by atoms with E-state index >= 15 is 0 Å². The van der Waals surface area contributed by atoms with E-state index in [1.165, 1.54) is 4.90 Å². The zero-order chi connectivity index (χ0) is 13.3. The minimum absolute atomic E-state index is 0.187. The summed E-state index contributed by atoms with van der Waals surface area (Å²) >= 11 is 0. The summed E-state index contributed by atoms with van der Waals surface area (Å²) in [6, 6.07) is 6.72. The molecule has 1 aromatic carbocycles. The Labute approximate surface area is 105 Å². The Morgan fingerprint density at radius 1 is 1.44 bits per heavy atom. The highest BCUT2D eigenvalue weighted by Gasteiger charge is 2.32. The van der Waals surface area contributed by atoms with E-state index in [0.717, 1.165) is 11.1 Å². The fourth-order valence-electron chi connectivity index (χ4n) is 2.27. The number of carboxylic acid groups (broad SMARTS) is 1. The Kier molecular flexibility index (Phi) is 3.34. The number of rotatable bonds is 2. The number of carbonyl (C=O) groups excluding carboxylic acids is 1. The van der Waals surface area contributed by atoms with Crippen molar-refractivity contribution in [3.8, 4) is 0 Å². The molecule has 0 aromatic heterocycles. The number of hydrogen-bond donors (Lipinski definition) is 2. The van der Waals surface area contributed by atoms with Crippen LogP contribution in [0, 0.1) is 0 Å². The highest BCUT2D eigenvalue weighted by atomic mass is 16.4. The Bertz CT molecular complexity index is 485. The second-order valence-electron chi connectivity index (χ2n) is 4.60. The molecule has 0 saturated carbocycles. The molecule has 2 rings (SSSR count). The second kappa shape index (κ2) is 4.78. The van der Waals surface area contributed by atoms with Crippen molar-refractivity contribution in [1.29, 1.82) is 0 Å². The molecule has 1 aliphatic rings. The first-order valence-corrected chi connectivity index (χ1v) is 5.85. The molecule has 3 N–H and O–H groups in total. The van der Waals surface area contributed by atoms with Gasteiger partial charge in [0.25, 0.3) is 0 Å². The van der Waals surface area contributed by atoms with Crippen molar-refractivity contribution < 1.29 is 14.7 Å². The van der Waals surface area contributed by atoms with Gasteiger partial charge in [-0.15, -0.1) is 0 Å². The van der Waals surface area contributed by atoms with Crippen LogP contribution in [0.4, 0.5) is 0 Å². The zero-order valence-electron chi connectivity index (χ0n) is 10.2. The smallest absolute Gasteiger partial charge is 0.312 e. The van der Waals surface area contributed by atoms with Gasteiger partial charge in [-0.25, -0.2) is 0 Å². The van der Waals surface area contributed by atoms with Gasteiger partial charge in [0.15, 0.2) is 0 Å². The Balaban J connectivity index is 2.34. The third-order valence-corrected chi connectivity index (χ3v) is 3.19. The van der Waals surface area contributed by atoms with E-state index < -0.39 is 17.9 Å². The van der Waals surface area contributed by atoms with E-state index in [1.807, 2.05) is 24.3 Å². The molecule has 1 heterocycles. The first kappa shape index (κ1) is 12.6. The largest absolute Gasteiger partial charge is 0.481 e. The number of carbonyl (C=O) groups is 2. The van der Waals surface area contributed by atoms with Crippen LogP contribution in [-0.4, -0.2) is 34.5 Å². The minimum Gasteiger partial charge on any atom is -0.481 e. The van der Waals surface area contributed by atoms with Crippen LogP contribution in [-0.2, 0) is 16.1 Å². The van der Waals surface area contributed by atoms with Crippen molar-refractivity contribution >= 4 is 11.9 Å². The number of amides is 1. The minimum atomic E-state index is -0.912. The van der Waals surface area contributed by atoms with E-state index in [2.05, 4.69) is 0 Å². The van der Waals surface area contributed by atoms with E-state index in [-0.39, 0.29) is 12.5 Å². The van der Waals surface area contributed by atoms with Gasteiger partial charge in [0, 0.05) is 13.1 Å². The molecule has 1 amide bonds. The molecule has 0 saturated heterocycles. The standard InChI is InChI=1S/C13H16N2O3/c1-8(14)12(16)15-6-9-4-2-3-5-10(9)11(7-15)13(17)18/h2-5,8,11H,6-7,14H2,1H3,(H,17,18)/t8-,11?/m1/s1. The molecule has 5 nitrogen and oxygen atoms in total. The molecule has 0 spiro atoms. The molecular weight excluding hydrogens is 232 g/mol. The summed E-state index contributed by atoms with van der Waals surface area (Å²) in [5.74, 6) is -1.79. The molecule has 1 unspecified atom stereocenters. The second-order valence-corrected chi connectivity index (χ2v) is 4.60. The molecule has 0 fully saturated rings. The Morgan fingerprint density at radius 3 is 2.72 bits per heavy atom. The van der Waals surface area contributed by atoms with Crippen LogP contribution in [0.25, 0.3) is 0 Å². The summed E-state index contributed by atoms with van der Waals surface area (Å²) in [6.07, 6.45) is 0. The predicted molar refractivity (Wildman–Crippen MR) is 65.9 cm³/mol. The van der Waals surface area contributed by atoms with Gasteiger partial charge in [0.1, 0.15) is 0 Å². The predicted octanol–water partition coefficient (Wildman–Crippen LogP) is 0.544. The van der Waals surface area contributed by atoms with Crippen LogP contribution in [0.3, 0.4) is 0 Å². The maximum atomic E-state index is 11.9. The first-order valence-electron chi connectivity index (χ1n) is 5.85. The van der Waals surface area contributed by atoms with Crippen LogP contribution in [0.5, 0.6) is 0 Å². The maximum absolute atomic E-state index is 11.9. The van der Waals surface area contributed by atoms with Gasteiger partial charge < -0.3 is 15.7 Å². The van der Waals surface area contributed by atoms with Crippen LogP contribution < -0.4 is 5.73 Å². The van der Waals surface area contributed by atoms with E-state index in [4.69, 9.17) is 5.73 Å². The van der Waals surface area contributed by atoms with Gasteiger partial charge in [-0.05, 0) is 18.1 Å². The highest BCUT2D eigenvalue weighted by Crippen LogP contribution is 2.28. The highest BCUT2D eigenvalue weighted by molar-refractivity contribution is 5.84. The number of hydrogen-bond acceptors (Lipinski definition) is 3. The fraction of sp³-hybridized carbons (Fsp3) is 0.385. The van der Waals surface area contributed by atoms with Crippen molar-refractivity contribution in [2.24, 2.45) is 5.73 Å². The molecule has 96 valence electrons. The third-order valence-electron chi connectivity index (χ3n) is 3.19. The van der Waals surface area contributed by atoms with Gasteiger partial charge in [-0.3, -0.25) is 9.59 Å². The molecule has 0 radical (unpaired) electrons. The fourth-order valence-corrected chi connectivity index (χ4v) is 2.27. The summed E-state index contributed by atoms with van der Waals surface area (Å²) < 4.78 is 0. The van der Waals surface area contributed by atoms with Crippen LogP contribution in [0.1, 0.15) is 24.0 Å². The molecule has 0 aliphatic carbocycles. The van der Waals surface area contributed by atoms with Crippen molar-refractivity contribution in [3.63, 3.8) is 0 Å². The summed E-state index contributed by atoms with van der Waals surface area (Å²) in [5.41, 5.74) is 7.24. The van der Waals surface area contributed by atoms with Gasteiger partial charge in [0.2, 0.25) is 5.91 Å². The summed E-state index contributed by atoms with van der Waals surface area (Å²) in [6.45, 7) is 2.23. The maximum Gasteiger partial charge on any atom is 0.312 e. The van der Waals surface area contributed by atoms with Gasteiger partial charge in [0.05, 0.1) is 12.0 Å². The van der Waals surface area contributed by atoms with Crippen LogP contribution in [0.2, 0.25) is 0 Å². The number of nitrogens with two attached hydrogens (primary N) is 1. The average Bonchev–Trinajstić information content (AvgIpc) is 2.36. The normalized spacial score (nSPS) is 20.1. The molecule has 5 heteroatoms. The lowest BCUT2D eigenvalue weighted by Gasteiger charge is -2.33. The zero-order valence-corrected chi connectivity index (χ0v) is 10.2. The molecule has 1 aromatic rings. The first-order chi connectivity index (χ1) is 8.50. The summed E-state index contributed by atoms with van der Waals surface area (Å²) in [5, 5.41) is 9.25. The molecule has 0 bridgehead atoms. The summed E-state index contributed by atoms with van der Waals surface area (Å²) in [7, 11) is 0. The topological polar surface area (TPSA) is 83.6 Å². The average molecular weight is 248 g/mol. The third kappa shape index (κ3) is 2.22. The van der Waals surface area contributed by atoms with Crippen molar-refractivity contribution in [3.05, 3.63) is 35.4 Å². The number of benzene rings is 1. The quantitative estimate of drug-likeness (QED) is 0.800. The molecule has 1 aliphatic heterocycles. The Hall–Kier alpha value is -1.88. The number of fused-ring (bicyclic) bond motifs is 1. The van der Waals surface area contributed by atoms with E-state index in [0.29, 0.717) is 6.54 Å². The lowest BCUT2D eigenvalue weighted by Crippen LogP contribution is -2.46. The molecule has 18 heavy (non-hydrogen) atoms. The number of nitrogens with zero attached hydrogens (tertiary/aromatic N) is 1. The summed E-state index contributed by atoms with van der Waals surface area (Å²) in [4.78, 5) is 24.7. The van der Waals surface area contributed by atoms with Crippen LogP contribution >= 0.6 is 0 Å². The number of aliphatic carboxylic acids is 1. The molecular formula is C13H16N2O3. The van der Waals surface area contributed by atoms with Crippen molar-refractivity contribution in [2.75, 3.05) is 6.54 Å². The van der Waals surface area contributed by atoms with Crippen molar-refractivity contribution in [2.45, 2.75) is 25.4 Å². The van der Waals surface area contributed by atoms with Gasteiger partial charge in [-0.1, -0.05) is 24.3 Å². The SMILES string of the molecule is C[C@@H](N)C(=O)N1Cc2ccccc2C(C(=O)O)C1. The van der Waals surface area contributed by atoms with Crippen LogP contribution in [0.15, 0.2) is 24.3 Å². The lowest BCUT2D eigenvalue weighted by atomic mass is 9.89. The lowest BCUT2D eigenvalue weighted by molar-refractivity contribution is -0.141. The number of carboxylic acids is 1. The van der Waals surface area contributed by atoms with Gasteiger partial charge in [-0.2, -0.15) is 0 Å². The van der Waals surface area contributed by atoms with Gasteiger partial charge >= 0.3 is 5.97 Å². The van der Waals surface area contributed by atoms with E-state index in [9.17, 15) is 14.7 Å². The Morgan fingerprint density at radius 2 is 2.11 bits per heavy atom. The monoisotopic (exact) mass is 248 g/mol. The van der Waals surface area contributed by atoms with E-state index in [1.54, 1.807) is 6.92 Å².